The molecule has 3 aliphatic rings. The molecule has 0 bridgehead atoms. The number of aliphatic hydroxyl groups is 1. The average molecular weight is 364 g/mol. The molecule has 0 aromatic heterocycles. The summed E-state index contributed by atoms with van der Waals surface area (Å²) < 4.78 is 5.53. The van der Waals surface area contributed by atoms with Crippen molar-refractivity contribution in [3.8, 4) is 5.75 Å². The first-order valence-corrected chi connectivity index (χ1v) is 9.74. The Bertz CT molecular complexity index is 889. The van der Waals surface area contributed by atoms with Crippen molar-refractivity contribution < 1.29 is 14.6 Å². The molecule has 2 aromatic carbocycles. The number of hydrogen-bond donors (Lipinski definition) is 3. The van der Waals surface area contributed by atoms with Crippen LogP contribution in [0.25, 0.3) is 0 Å². The molecule has 1 fully saturated rings. The summed E-state index contributed by atoms with van der Waals surface area (Å²) in [6, 6.07) is 13.4. The number of amides is 1. The van der Waals surface area contributed by atoms with Gasteiger partial charge in [0, 0.05) is 17.4 Å². The zero-order valence-corrected chi connectivity index (χ0v) is 15.2. The lowest BCUT2D eigenvalue weighted by molar-refractivity contribution is 0.0418. The minimum Gasteiger partial charge on any atom is -0.493 e. The first kappa shape index (κ1) is 16.8. The van der Waals surface area contributed by atoms with E-state index in [-0.39, 0.29) is 17.4 Å². The smallest absolute Gasteiger partial charge is 0.251 e. The third-order valence-corrected chi connectivity index (χ3v) is 6.45. The lowest BCUT2D eigenvalue weighted by Crippen LogP contribution is -2.48. The Labute approximate surface area is 158 Å². The fourth-order valence-corrected chi connectivity index (χ4v) is 5.02. The number of rotatable bonds is 2. The fraction of sp³-hybridized carbons (Fsp3) is 0.409. The van der Waals surface area contributed by atoms with Crippen LogP contribution in [0.4, 0.5) is 0 Å². The summed E-state index contributed by atoms with van der Waals surface area (Å²) in [4.78, 5) is 13.0. The van der Waals surface area contributed by atoms with E-state index in [0.717, 1.165) is 49.2 Å². The molecular weight excluding hydrogens is 340 g/mol. The molecular formula is C22H24N2O3. The number of aliphatic hydroxyl groups excluding tert-OH is 1. The lowest BCUT2D eigenvalue weighted by Gasteiger charge is -2.38. The zero-order valence-electron chi connectivity index (χ0n) is 15.2. The van der Waals surface area contributed by atoms with E-state index in [1.54, 1.807) is 6.07 Å². The Hall–Kier alpha value is -2.37. The number of fused-ring (bicyclic) bond motifs is 3. The first-order valence-electron chi connectivity index (χ1n) is 9.74. The number of ether oxygens (including phenoxy) is 1. The van der Waals surface area contributed by atoms with Crippen LogP contribution < -0.4 is 15.4 Å². The van der Waals surface area contributed by atoms with Gasteiger partial charge in [0.15, 0.2) is 0 Å². The molecule has 2 aromatic rings. The van der Waals surface area contributed by atoms with Crippen LogP contribution >= 0.6 is 0 Å². The van der Waals surface area contributed by atoms with Crippen molar-refractivity contribution in [2.75, 3.05) is 19.7 Å². The highest BCUT2D eigenvalue weighted by molar-refractivity contribution is 5.95. The van der Waals surface area contributed by atoms with Crippen molar-refractivity contribution >= 4 is 5.91 Å². The van der Waals surface area contributed by atoms with E-state index in [1.807, 2.05) is 30.3 Å². The molecule has 5 rings (SSSR count). The number of carbonyl (C=O) groups excluding carboxylic acids is 1. The first-order chi connectivity index (χ1) is 13.2. The molecule has 2 aliphatic heterocycles. The minimum absolute atomic E-state index is 0.144. The Balaban J connectivity index is 1.45. The van der Waals surface area contributed by atoms with Crippen molar-refractivity contribution in [2.24, 2.45) is 0 Å². The predicted molar refractivity (Wildman–Crippen MR) is 102 cm³/mol. The third kappa shape index (κ3) is 2.57. The molecule has 1 amide bonds. The van der Waals surface area contributed by atoms with Crippen molar-refractivity contribution in [2.45, 2.75) is 36.8 Å². The maximum atomic E-state index is 13.0. The molecule has 1 aliphatic carbocycles. The maximum Gasteiger partial charge on any atom is 0.251 e. The molecule has 3 N–H and O–H groups in total. The molecule has 1 spiro atoms. The molecule has 140 valence electrons. The summed E-state index contributed by atoms with van der Waals surface area (Å²) in [7, 11) is 0. The maximum absolute atomic E-state index is 13.0. The van der Waals surface area contributed by atoms with Gasteiger partial charge in [-0.15, -0.1) is 0 Å². The highest BCUT2D eigenvalue weighted by Gasteiger charge is 2.52. The molecule has 27 heavy (non-hydrogen) atoms. The van der Waals surface area contributed by atoms with Gasteiger partial charge in [-0.25, -0.2) is 0 Å². The molecule has 2 atom stereocenters. The van der Waals surface area contributed by atoms with Gasteiger partial charge in [0.1, 0.15) is 5.75 Å². The van der Waals surface area contributed by atoms with Crippen LogP contribution in [-0.2, 0) is 11.8 Å². The number of benzene rings is 2. The molecule has 1 saturated heterocycles. The third-order valence-electron chi connectivity index (χ3n) is 6.45. The SMILES string of the molecule is O=C(N[C@H]1c2ccccc2C2(CCNCC2)[C@@H]1O)c1ccc2c(c1)CCO2. The van der Waals surface area contributed by atoms with Crippen LogP contribution in [-0.4, -0.2) is 36.8 Å². The van der Waals surface area contributed by atoms with E-state index in [4.69, 9.17) is 4.74 Å². The van der Waals surface area contributed by atoms with Crippen molar-refractivity contribution in [1.29, 1.82) is 0 Å². The van der Waals surface area contributed by atoms with E-state index in [0.29, 0.717) is 12.2 Å². The van der Waals surface area contributed by atoms with Crippen LogP contribution in [0, 0.1) is 0 Å². The normalized spacial score (nSPS) is 24.9. The molecule has 0 unspecified atom stereocenters. The van der Waals surface area contributed by atoms with Gasteiger partial charge in [-0.05, 0) is 60.8 Å². The van der Waals surface area contributed by atoms with Gasteiger partial charge in [-0.1, -0.05) is 24.3 Å². The Morgan fingerprint density at radius 1 is 1.19 bits per heavy atom. The second-order valence-electron chi connectivity index (χ2n) is 7.81. The van der Waals surface area contributed by atoms with Gasteiger partial charge in [0.05, 0.1) is 18.8 Å². The van der Waals surface area contributed by atoms with E-state index in [2.05, 4.69) is 16.7 Å². The molecule has 0 radical (unpaired) electrons. The van der Waals surface area contributed by atoms with E-state index >= 15 is 0 Å². The largest absolute Gasteiger partial charge is 0.493 e. The minimum atomic E-state index is -0.612. The summed E-state index contributed by atoms with van der Waals surface area (Å²) in [6.07, 6.45) is 1.99. The van der Waals surface area contributed by atoms with Crippen LogP contribution in [0.5, 0.6) is 5.75 Å². The molecule has 5 heteroatoms. The summed E-state index contributed by atoms with van der Waals surface area (Å²) in [5.41, 5.74) is 3.65. The van der Waals surface area contributed by atoms with E-state index < -0.39 is 6.10 Å². The Morgan fingerprint density at radius 2 is 2.00 bits per heavy atom. The van der Waals surface area contributed by atoms with Gasteiger partial charge < -0.3 is 20.5 Å². The second kappa shape index (κ2) is 6.36. The topological polar surface area (TPSA) is 70.6 Å². The van der Waals surface area contributed by atoms with Gasteiger partial charge in [-0.2, -0.15) is 0 Å². The van der Waals surface area contributed by atoms with Crippen molar-refractivity contribution in [3.63, 3.8) is 0 Å². The summed E-state index contributed by atoms with van der Waals surface area (Å²) in [5.74, 6) is 0.723. The highest BCUT2D eigenvalue weighted by atomic mass is 16.5. The molecule has 0 saturated carbocycles. The molecule has 5 nitrogen and oxygen atoms in total. The Morgan fingerprint density at radius 3 is 2.85 bits per heavy atom. The zero-order chi connectivity index (χ0) is 18.4. The second-order valence-corrected chi connectivity index (χ2v) is 7.81. The number of hydrogen-bond acceptors (Lipinski definition) is 4. The Kier molecular flexibility index (Phi) is 3.95. The van der Waals surface area contributed by atoms with E-state index in [9.17, 15) is 9.90 Å². The van der Waals surface area contributed by atoms with Gasteiger partial charge in [-0.3, -0.25) is 4.79 Å². The van der Waals surface area contributed by atoms with Gasteiger partial charge in [0.25, 0.3) is 5.91 Å². The van der Waals surface area contributed by atoms with Crippen molar-refractivity contribution in [3.05, 3.63) is 64.7 Å². The quantitative estimate of drug-likeness (QED) is 0.763. The van der Waals surface area contributed by atoms with E-state index in [1.165, 1.54) is 5.56 Å². The van der Waals surface area contributed by atoms with Crippen LogP contribution in [0.2, 0.25) is 0 Å². The van der Waals surface area contributed by atoms with Crippen molar-refractivity contribution in [1.82, 2.24) is 10.6 Å². The summed E-state index contributed by atoms with van der Waals surface area (Å²) in [6.45, 7) is 2.44. The number of piperidine rings is 1. The van der Waals surface area contributed by atoms with Crippen LogP contribution in [0.1, 0.15) is 45.9 Å². The lowest BCUT2D eigenvalue weighted by atomic mass is 9.72. The number of nitrogens with one attached hydrogen (secondary N) is 2. The average Bonchev–Trinajstić information content (AvgIpc) is 3.26. The molecule has 2 heterocycles. The van der Waals surface area contributed by atoms with Crippen LogP contribution in [0.15, 0.2) is 42.5 Å². The van der Waals surface area contributed by atoms with Crippen LogP contribution in [0.3, 0.4) is 0 Å². The standard InChI is InChI=1S/C22H24N2O3/c25-20-19(24-21(26)15-5-6-18-14(13-15)7-12-27-18)16-3-1-2-4-17(16)22(20)8-10-23-11-9-22/h1-6,13,19-20,23,25H,7-12H2,(H,24,26)/t19-,20+/m0/s1. The summed E-state index contributed by atoms with van der Waals surface area (Å²) >= 11 is 0. The predicted octanol–water partition coefficient (Wildman–Crippen LogP) is 2.09. The monoisotopic (exact) mass is 364 g/mol. The van der Waals surface area contributed by atoms with Gasteiger partial charge >= 0.3 is 0 Å². The number of carbonyl (C=O) groups is 1. The summed E-state index contributed by atoms with van der Waals surface area (Å²) in [5, 5.41) is 17.8. The highest BCUT2D eigenvalue weighted by Crippen LogP contribution is 2.50. The van der Waals surface area contributed by atoms with Gasteiger partial charge in [0.2, 0.25) is 0 Å². The fourth-order valence-electron chi connectivity index (χ4n) is 5.02.